The van der Waals surface area contributed by atoms with Gasteiger partial charge in [0.25, 0.3) is 0 Å². The van der Waals surface area contributed by atoms with Crippen LogP contribution in [0.15, 0.2) is 24.3 Å². The van der Waals surface area contributed by atoms with E-state index in [4.69, 9.17) is 35.4 Å². The molecule has 0 unspecified atom stereocenters. The first kappa shape index (κ1) is 16.8. The molecule has 2 nitrogen and oxygen atoms in total. The molecule has 116 valence electrons. The van der Waals surface area contributed by atoms with Gasteiger partial charge in [0.2, 0.25) is 0 Å². The minimum atomic E-state index is -1.60. The number of thiocarbonyl (C=S) groups is 1. The predicted octanol–water partition coefficient (Wildman–Crippen LogP) is 5.36. The van der Waals surface area contributed by atoms with E-state index < -0.39 is 29.0 Å². The summed E-state index contributed by atoms with van der Waals surface area (Å²) in [5.74, 6) is -6.30. The van der Waals surface area contributed by atoms with Gasteiger partial charge in [-0.05, 0) is 24.4 Å². The Labute approximate surface area is 138 Å². The second kappa shape index (κ2) is 6.68. The van der Waals surface area contributed by atoms with Crippen molar-refractivity contribution in [1.29, 1.82) is 0 Å². The minimum absolute atomic E-state index is 0.0974. The quantitative estimate of drug-likeness (QED) is 0.424. The third-order valence-corrected chi connectivity index (χ3v) is 3.57. The van der Waals surface area contributed by atoms with E-state index in [2.05, 4.69) is 5.32 Å². The standard InChI is InChI=1S/C13H6Cl2F4N2S/c14-5-2-1-3-8(9(5)15)20-13(22)21-12-10(18)6(16)4-7(17)11(12)19/h1-4H,(H2,20,21,22). The Morgan fingerprint density at radius 2 is 1.55 bits per heavy atom. The van der Waals surface area contributed by atoms with Crippen molar-refractivity contribution in [2.45, 2.75) is 0 Å². The highest BCUT2D eigenvalue weighted by Crippen LogP contribution is 2.30. The average molecular weight is 369 g/mol. The summed E-state index contributed by atoms with van der Waals surface area (Å²) in [6.45, 7) is 0. The largest absolute Gasteiger partial charge is 0.331 e. The first-order valence-corrected chi connectivity index (χ1v) is 6.82. The molecule has 0 saturated heterocycles. The summed E-state index contributed by atoms with van der Waals surface area (Å²) in [4.78, 5) is 0. The summed E-state index contributed by atoms with van der Waals surface area (Å²) >= 11 is 16.5. The van der Waals surface area contributed by atoms with Gasteiger partial charge in [0.05, 0.1) is 15.7 Å². The summed E-state index contributed by atoms with van der Waals surface area (Å²) in [5, 5.41) is 4.59. The van der Waals surface area contributed by atoms with E-state index in [0.29, 0.717) is 0 Å². The molecular weight excluding hydrogens is 363 g/mol. The molecule has 0 aromatic heterocycles. The SMILES string of the molecule is Fc1cc(F)c(F)c(NC(=S)Nc2cccc(Cl)c2Cl)c1F. The molecule has 9 heteroatoms. The van der Waals surface area contributed by atoms with Crippen LogP contribution in [0.25, 0.3) is 0 Å². The molecule has 0 aliphatic carbocycles. The molecule has 2 rings (SSSR count). The van der Waals surface area contributed by atoms with E-state index >= 15 is 0 Å². The van der Waals surface area contributed by atoms with E-state index in [1.54, 1.807) is 6.07 Å². The summed E-state index contributed by atoms with van der Waals surface area (Å²) in [6, 6.07) is 4.68. The Morgan fingerprint density at radius 3 is 2.14 bits per heavy atom. The third kappa shape index (κ3) is 3.43. The lowest BCUT2D eigenvalue weighted by Crippen LogP contribution is -2.21. The molecule has 0 aliphatic rings. The molecule has 0 amide bonds. The van der Waals surface area contributed by atoms with Gasteiger partial charge >= 0.3 is 0 Å². The average Bonchev–Trinajstić information content (AvgIpc) is 2.46. The predicted molar refractivity (Wildman–Crippen MR) is 82.6 cm³/mol. The van der Waals surface area contributed by atoms with Crippen LogP contribution in [0.3, 0.4) is 0 Å². The van der Waals surface area contributed by atoms with Crippen molar-refractivity contribution < 1.29 is 17.6 Å². The molecule has 0 heterocycles. The topological polar surface area (TPSA) is 24.1 Å². The van der Waals surface area contributed by atoms with Crippen LogP contribution >= 0.6 is 35.4 Å². The van der Waals surface area contributed by atoms with Crippen LogP contribution in [-0.4, -0.2) is 5.11 Å². The smallest absolute Gasteiger partial charge is 0.185 e. The van der Waals surface area contributed by atoms with Crippen LogP contribution in [0.1, 0.15) is 0 Å². The van der Waals surface area contributed by atoms with Crippen molar-refractivity contribution in [2.75, 3.05) is 10.6 Å². The van der Waals surface area contributed by atoms with E-state index in [-0.39, 0.29) is 26.9 Å². The number of rotatable bonds is 2. The molecule has 0 aliphatic heterocycles. The highest BCUT2D eigenvalue weighted by atomic mass is 35.5. The molecule has 22 heavy (non-hydrogen) atoms. The lowest BCUT2D eigenvalue weighted by molar-refractivity contribution is 0.459. The molecule has 0 spiro atoms. The number of nitrogens with one attached hydrogen (secondary N) is 2. The molecule has 2 N–H and O–H groups in total. The maximum atomic E-state index is 13.5. The highest BCUT2D eigenvalue weighted by molar-refractivity contribution is 7.80. The fraction of sp³-hybridized carbons (Fsp3) is 0. The molecule has 0 fully saturated rings. The van der Waals surface area contributed by atoms with E-state index in [0.717, 1.165) is 0 Å². The Kier molecular flexibility index (Phi) is 5.10. The lowest BCUT2D eigenvalue weighted by atomic mass is 10.2. The molecule has 0 saturated carbocycles. The van der Waals surface area contributed by atoms with Gasteiger partial charge in [0.15, 0.2) is 28.4 Å². The number of halogens is 6. The first-order valence-electron chi connectivity index (χ1n) is 5.66. The van der Waals surface area contributed by atoms with Gasteiger partial charge in [0.1, 0.15) is 5.69 Å². The van der Waals surface area contributed by atoms with E-state index in [9.17, 15) is 17.6 Å². The minimum Gasteiger partial charge on any atom is -0.331 e. The highest BCUT2D eigenvalue weighted by Gasteiger charge is 2.20. The van der Waals surface area contributed by atoms with Crippen molar-refractivity contribution >= 4 is 51.9 Å². The molecule has 0 bridgehead atoms. The maximum absolute atomic E-state index is 13.5. The molecule has 2 aromatic carbocycles. The van der Waals surface area contributed by atoms with Gasteiger partial charge in [0, 0.05) is 6.07 Å². The van der Waals surface area contributed by atoms with Crippen LogP contribution in [0.4, 0.5) is 28.9 Å². The van der Waals surface area contributed by atoms with E-state index in [1.807, 2.05) is 5.32 Å². The van der Waals surface area contributed by atoms with Crippen molar-refractivity contribution in [3.05, 3.63) is 57.6 Å². The number of anilines is 2. The Morgan fingerprint density at radius 1 is 0.955 bits per heavy atom. The zero-order valence-electron chi connectivity index (χ0n) is 10.5. The normalized spacial score (nSPS) is 10.5. The Hall–Kier alpha value is -1.57. The molecular formula is C13H6Cl2F4N2S. The van der Waals surface area contributed by atoms with Gasteiger partial charge in [-0.1, -0.05) is 29.3 Å². The second-order valence-electron chi connectivity index (χ2n) is 4.02. The monoisotopic (exact) mass is 368 g/mol. The van der Waals surface area contributed by atoms with Crippen LogP contribution in [0.5, 0.6) is 0 Å². The van der Waals surface area contributed by atoms with E-state index in [1.165, 1.54) is 12.1 Å². The van der Waals surface area contributed by atoms with Crippen LogP contribution in [0.2, 0.25) is 10.0 Å². The molecule has 0 radical (unpaired) electrons. The third-order valence-electron chi connectivity index (χ3n) is 2.55. The summed E-state index contributed by atoms with van der Waals surface area (Å²) in [5.41, 5.74) is -0.794. The van der Waals surface area contributed by atoms with Gasteiger partial charge in [-0.25, -0.2) is 17.6 Å². The Balaban J connectivity index is 2.25. The summed E-state index contributed by atoms with van der Waals surface area (Å²) in [6.07, 6.45) is 0. The molecule has 2 aromatic rings. The van der Waals surface area contributed by atoms with Crippen LogP contribution < -0.4 is 10.6 Å². The van der Waals surface area contributed by atoms with Crippen molar-refractivity contribution in [2.24, 2.45) is 0 Å². The van der Waals surface area contributed by atoms with Crippen molar-refractivity contribution in [3.8, 4) is 0 Å². The van der Waals surface area contributed by atoms with Crippen molar-refractivity contribution in [3.63, 3.8) is 0 Å². The zero-order valence-corrected chi connectivity index (χ0v) is 12.8. The maximum Gasteiger partial charge on any atom is 0.185 e. The molecule has 0 atom stereocenters. The van der Waals surface area contributed by atoms with Crippen LogP contribution in [0, 0.1) is 23.3 Å². The van der Waals surface area contributed by atoms with Gasteiger partial charge in [-0.15, -0.1) is 0 Å². The number of hydrogen-bond donors (Lipinski definition) is 2. The Bertz CT molecular complexity index is 729. The van der Waals surface area contributed by atoms with Gasteiger partial charge < -0.3 is 10.6 Å². The fourth-order valence-electron chi connectivity index (χ4n) is 1.55. The van der Waals surface area contributed by atoms with Gasteiger partial charge in [-0.2, -0.15) is 0 Å². The lowest BCUT2D eigenvalue weighted by Gasteiger charge is -2.13. The second-order valence-corrected chi connectivity index (χ2v) is 5.22. The fourth-order valence-corrected chi connectivity index (χ4v) is 2.11. The van der Waals surface area contributed by atoms with Crippen molar-refractivity contribution in [1.82, 2.24) is 0 Å². The summed E-state index contributed by atoms with van der Waals surface area (Å²) < 4.78 is 53.2. The number of hydrogen-bond acceptors (Lipinski definition) is 1. The zero-order chi connectivity index (χ0) is 16.4. The van der Waals surface area contributed by atoms with Crippen LogP contribution in [-0.2, 0) is 0 Å². The summed E-state index contributed by atoms with van der Waals surface area (Å²) in [7, 11) is 0. The number of benzene rings is 2. The van der Waals surface area contributed by atoms with Gasteiger partial charge in [-0.3, -0.25) is 0 Å². The first-order chi connectivity index (χ1) is 10.3.